The molecule has 152 valence electrons. The molecule has 1 heterocycles. The van der Waals surface area contributed by atoms with Crippen LogP contribution in [0, 0.1) is 20.1 Å². The van der Waals surface area contributed by atoms with Crippen molar-refractivity contribution in [3.05, 3.63) is 56.0 Å². The second-order valence-electron chi connectivity index (χ2n) is 6.27. The van der Waals surface area contributed by atoms with Crippen molar-refractivity contribution in [2.45, 2.75) is 0 Å². The molecule has 5 nitrogen and oxygen atoms in total. The molecule has 0 aliphatic carbocycles. The maximum Gasteiger partial charge on any atom is 1.00 e. The van der Waals surface area contributed by atoms with Gasteiger partial charge in [-0.2, -0.15) is 0 Å². The topological polar surface area (TPSA) is 89.1 Å². The maximum absolute atomic E-state index is 13.9. The van der Waals surface area contributed by atoms with Gasteiger partial charge in [-0.25, -0.2) is 13.6 Å². The minimum Gasteiger partial charge on any atom is -0.505 e. The summed E-state index contributed by atoms with van der Waals surface area (Å²) in [6, 6.07) is 7.01. The van der Waals surface area contributed by atoms with Gasteiger partial charge in [-0.3, -0.25) is 0 Å². The molecule has 0 bridgehead atoms. The van der Waals surface area contributed by atoms with E-state index in [0.717, 1.165) is 6.07 Å². The standard InChI is InChI=1S/C20H7FI4O5.Na/c21-6-1-2-7(8(3-6)20(28)29)13-9-4-11(22)16(26)14(24)18(9)30-19-10(13)5-12(23)17(27)15(19)25;/h1-5H,(H2-,26,27,28,29);/q;+1/p+1. The van der Waals surface area contributed by atoms with E-state index in [1.165, 1.54) is 12.1 Å². The second-order valence-corrected chi connectivity index (χ2v) is 10.7. The number of carboxylic acids is 1. The van der Waals surface area contributed by atoms with E-state index in [2.05, 4.69) is 0 Å². The van der Waals surface area contributed by atoms with Crippen molar-refractivity contribution in [1.29, 1.82) is 0 Å². The van der Waals surface area contributed by atoms with Crippen molar-refractivity contribution in [3.8, 4) is 22.6 Å². The van der Waals surface area contributed by atoms with E-state index >= 15 is 0 Å². The van der Waals surface area contributed by atoms with Crippen LogP contribution >= 0.6 is 90.4 Å². The summed E-state index contributed by atoms with van der Waals surface area (Å²) in [4.78, 5) is 11.9. The molecule has 4 rings (SSSR count). The van der Waals surface area contributed by atoms with Gasteiger partial charge < -0.3 is 15.3 Å². The van der Waals surface area contributed by atoms with E-state index < -0.39 is 11.8 Å². The van der Waals surface area contributed by atoms with Crippen LogP contribution in [0.5, 0.6) is 11.5 Å². The summed E-state index contributed by atoms with van der Waals surface area (Å²) in [5, 5.41) is 31.7. The number of hydrogen-bond acceptors (Lipinski definition) is 3. The number of rotatable bonds is 2. The Morgan fingerprint density at radius 3 is 1.81 bits per heavy atom. The first-order valence-electron chi connectivity index (χ1n) is 8.12. The van der Waals surface area contributed by atoms with E-state index in [1.807, 2.05) is 90.4 Å². The van der Waals surface area contributed by atoms with Gasteiger partial charge >= 0.3 is 46.7 Å². The van der Waals surface area contributed by atoms with Crippen LogP contribution in [0.2, 0.25) is 0 Å². The van der Waals surface area contributed by atoms with Crippen LogP contribution < -0.4 is 29.6 Å². The average Bonchev–Trinajstić information content (AvgIpc) is 2.70. The molecule has 11 heteroatoms. The first kappa shape index (κ1) is 25.9. The van der Waals surface area contributed by atoms with Gasteiger partial charge in [0, 0.05) is 5.56 Å². The number of carbonyl (C=O) groups is 1. The molecule has 0 saturated carbocycles. The minimum absolute atomic E-state index is 0. The average molecular weight is 878 g/mol. The molecule has 3 N–H and O–H groups in total. The van der Waals surface area contributed by atoms with E-state index in [-0.39, 0.29) is 46.6 Å². The van der Waals surface area contributed by atoms with Crippen LogP contribution in [-0.4, -0.2) is 21.3 Å². The summed E-state index contributed by atoms with van der Waals surface area (Å²) in [7, 11) is 0. The Morgan fingerprint density at radius 2 is 1.35 bits per heavy atom. The maximum atomic E-state index is 13.9. The first-order chi connectivity index (χ1) is 14.1. The monoisotopic (exact) mass is 878 g/mol. The Morgan fingerprint density at radius 1 is 0.871 bits per heavy atom. The molecule has 0 unspecified atom stereocenters. The van der Waals surface area contributed by atoms with Crippen molar-refractivity contribution in [3.63, 3.8) is 0 Å². The normalized spacial score (nSPS) is 11.0. The quantitative estimate of drug-likeness (QED) is 0.122. The molecule has 0 fully saturated rings. The third-order valence-electron chi connectivity index (χ3n) is 4.52. The summed E-state index contributed by atoms with van der Waals surface area (Å²) >= 11 is 7.90. The van der Waals surface area contributed by atoms with Crippen molar-refractivity contribution >= 4 is 118 Å². The van der Waals surface area contributed by atoms with Crippen LogP contribution in [0.25, 0.3) is 33.1 Å². The number of phenolic OH excluding ortho intramolecular Hbond substituents is 2. The molecule has 3 aromatic carbocycles. The second kappa shape index (κ2) is 9.85. The minimum atomic E-state index is -1.27. The van der Waals surface area contributed by atoms with Crippen LogP contribution in [0.15, 0.2) is 34.7 Å². The first-order valence-corrected chi connectivity index (χ1v) is 12.4. The van der Waals surface area contributed by atoms with Crippen molar-refractivity contribution in [2.75, 3.05) is 0 Å². The summed E-state index contributed by atoms with van der Waals surface area (Å²) in [6.45, 7) is 0. The van der Waals surface area contributed by atoms with Gasteiger partial charge in [-0.05, 0) is 120 Å². The smallest absolute Gasteiger partial charge is 0.505 e. The molecular formula is C20H8FI4NaO5+2. The molecule has 0 saturated heterocycles. The van der Waals surface area contributed by atoms with Crippen LogP contribution in [0.3, 0.4) is 0 Å². The van der Waals surface area contributed by atoms with Gasteiger partial charge in [-0.1, -0.05) is 6.07 Å². The zero-order valence-corrected chi connectivity index (χ0v) is 26.1. The van der Waals surface area contributed by atoms with E-state index in [1.54, 1.807) is 12.1 Å². The van der Waals surface area contributed by atoms with E-state index in [9.17, 15) is 24.5 Å². The summed E-state index contributed by atoms with van der Waals surface area (Å²) in [6.07, 6.45) is 0. The molecule has 0 aliphatic heterocycles. The molecular weight excluding hydrogens is 870 g/mol. The fourth-order valence-corrected chi connectivity index (χ4v) is 6.78. The van der Waals surface area contributed by atoms with Gasteiger partial charge in [0.15, 0.2) is 18.6 Å². The van der Waals surface area contributed by atoms with Crippen LogP contribution in [-0.2, 0) is 0 Å². The number of carboxylic acid groups (broad SMARTS) is 1. The predicted octanol–water partition coefficient (Wildman–Crippen LogP) is 4.21. The Balaban J connectivity index is 0.00000272. The summed E-state index contributed by atoms with van der Waals surface area (Å²) in [5.74, 6) is -1.84. The Hall–Kier alpha value is 0.250. The molecule has 0 aliphatic rings. The van der Waals surface area contributed by atoms with E-state index in [0.29, 0.717) is 47.3 Å². The number of phenols is 2. The van der Waals surface area contributed by atoms with Gasteiger partial charge in [0.05, 0.1) is 23.5 Å². The largest absolute Gasteiger partial charge is 1.00 e. The molecule has 0 amide bonds. The molecule has 1 aromatic heterocycles. The molecule has 0 atom stereocenters. The number of aromatic hydroxyl groups is 2. The van der Waals surface area contributed by atoms with E-state index in [4.69, 9.17) is 4.42 Å². The third kappa shape index (κ3) is 4.50. The number of fused-ring (bicyclic) bond motifs is 2. The zero-order chi connectivity index (χ0) is 21.9. The number of hydrogen-bond donors (Lipinski definition) is 3. The SMILES string of the molecule is O=C(O)c1cc(F)ccc1-c1c2cc(I)c(O)c(I)c2[o+]c2c(I)c(O)c(I)cc12.[Na+]. The van der Waals surface area contributed by atoms with Gasteiger partial charge in [0.1, 0.15) is 5.82 Å². The fourth-order valence-electron chi connectivity index (χ4n) is 3.20. The van der Waals surface area contributed by atoms with Gasteiger partial charge in [0.25, 0.3) is 0 Å². The molecule has 0 radical (unpaired) electrons. The molecule has 31 heavy (non-hydrogen) atoms. The predicted molar refractivity (Wildman–Crippen MR) is 145 cm³/mol. The third-order valence-corrected chi connectivity index (χ3v) is 8.17. The fraction of sp³-hybridized carbons (Fsp3) is 0. The summed E-state index contributed by atoms with van der Waals surface area (Å²) < 4.78 is 22.0. The zero-order valence-electron chi connectivity index (χ0n) is 15.4. The van der Waals surface area contributed by atoms with Crippen molar-refractivity contribution in [1.82, 2.24) is 0 Å². The Labute approximate surface area is 251 Å². The van der Waals surface area contributed by atoms with Gasteiger partial charge in [-0.15, -0.1) is 0 Å². The van der Waals surface area contributed by atoms with Crippen LogP contribution in [0.4, 0.5) is 4.39 Å². The Bertz CT molecular complexity index is 1340. The van der Waals surface area contributed by atoms with Crippen molar-refractivity contribution in [2.24, 2.45) is 0 Å². The molecule has 4 aromatic rings. The number of halogens is 5. The molecule has 0 spiro atoms. The number of aromatic carboxylic acids is 1. The van der Waals surface area contributed by atoms with Crippen molar-refractivity contribution < 1.29 is 58.5 Å². The summed E-state index contributed by atoms with van der Waals surface area (Å²) in [5.41, 5.74) is 1.32. The number of benzene rings is 3. The Kier molecular flexibility index (Phi) is 8.22. The van der Waals surface area contributed by atoms with Gasteiger partial charge in [0.2, 0.25) is 0 Å². The van der Waals surface area contributed by atoms with Crippen LogP contribution in [0.1, 0.15) is 10.4 Å².